The zero-order chi connectivity index (χ0) is 20.5. The van der Waals surface area contributed by atoms with Gasteiger partial charge in [-0.2, -0.15) is 10.2 Å². The molecule has 0 bridgehead atoms. The van der Waals surface area contributed by atoms with Crippen molar-refractivity contribution in [1.82, 2.24) is 30.4 Å². The van der Waals surface area contributed by atoms with Crippen molar-refractivity contribution in [2.45, 2.75) is 5.92 Å². The fourth-order valence-corrected chi connectivity index (χ4v) is 3.66. The third kappa shape index (κ3) is 3.10. The summed E-state index contributed by atoms with van der Waals surface area (Å²) in [7, 11) is 0. The zero-order valence-electron chi connectivity index (χ0n) is 15.8. The molecule has 1 unspecified atom stereocenters. The number of aromatic amines is 2. The summed E-state index contributed by atoms with van der Waals surface area (Å²) in [5, 5.41) is 15.3. The van der Waals surface area contributed by atoms with Gasteiger partial charge in [0.2, 0.25) is 5.91 Å². The first-order chi connectivity index (χ1) is 14.7. The molecule has 30 heavy (non-hydrogen) atoms. The minimum absolute atomic E-state index is 0.431. The number of nitrogens with two attached hydrogens (primary N) is 1. The van der Waals surface area contributed by atoms with Gasteiger partial charge in [0.15, 0.2) is 5.82 Å². The molecule has 0 aliphatic heterocycles. The SMILES string of the molecule is NC(=O)C(c1cccnc1)c1cccc(-c2n[nH]c3ccc(-c4ncn[nH]4)cc23)c1. The largest absolute Gasteiger partial charge is 0.369 e. The predicted octanol–water partition coefficient (Wildman–Crippen LogP) is 3.03. The molecule has 0 spiro atoms. The van der Waals surface area contributed by atoms with Crippen molar-refractivity contribution in [2.75, 3.05) is 0 Å². The number of primary amides is 1. The molecule has 0 fully saturated rings. The Morgan fingerprint density at radius 2 is 1.87 bits per heavy atom. The van der Waals surface area contributed by atoms with Crippen LogP contribution in [0.1, 0.15) is 17.0 Å². The number of rotatable bonds is 5. The van der Waals surface area contributed by atoms with E-state index in [4.69, 9.17) is 5.73 Å². The number of aromatic nitrogens is 6. The minimum atomic E-state index is -0.589. The Balaban J connectivity index is 1.61. The Labute approximate surface area is 171 Å². The lowest BCUT2D eigenvalue weighted by Gasteiger charge is -2.14. The normalized spacial score (nSPS) is 12.1. The van der Waals surface area contributed by atoms with Crippen molar-refractivity contribution in [2.24, 2.45) is 5.73 Å². The van der Waals surface area contributed by atoms with E-state index < -0.39 is 11.8 Å². The van der Waals surface area contributed by atoms with Crippen molar-refractivity contribution >= 4 is 16.8 Å². The van der Waals surface area contributed by atoms with Gasteiger partial charge in [-0.15, -0.1) is 0 Å². The van der Waals surface area contributed by atoms with Crippen LogP contribution in [0, 0.1) is 0 Å². The quantitative estimate of drug-likeness (QED) is 0.422. The number of fused-ring (bicyclic) bond motifs is 1. The molecular weight excluding hydrogens is 378 g/mol. The maximum atomic E-state index is 12.2. The van der Waals surface area contributed by atoms with Crippen LogP contribution in [0.4, 0.5) is 0 Å². The maximum absolute atomic E-state index is 12.2. The Bertz CT molecular complexity index is 1330. The van der Waals surface area contributed by atoms with E-state index in [-0.39, 0.29) is 0 Å². The van der Waals surface area contributed by atoms with Gasteiger partial charge in [0.25, 0.3) is 0 Å². The lowest BCUT2D eigenvalue weighted by Crippen LogP contribution is -2.22. The van der Waals surface area contributed by atoms with Gasteiger partial charge in [0, 0.05) is 28.9 Å². The molecule has 0 aliphatic rings. The first-order valence-electron chi connectivity index (χ1n) is 9.34. The van der Waals surface area contributed by atoms with Crippen LogP contribution in [0.25, 0.3) is 33.5 Å². The van der Waals surface area contributed by atoms with E-state index in [1.165, 1.54) is 6.33 Å². The number of carbonyl (C=O) groups excluding carboxylic acids is 1. The smallest absolute Gasteiger partial charge is 0.229 e. The van der Waals surface area contributed by atoms with E-state index in [0.29, 0.717) is 5.82 Å². The third-order valence-corrected chi connectivity index (χ3v) is 5.05. The summed E-state index contributed by atoms with van der Waals surface area (Å²) in [6.07, 6.45) is 4.80. The minimum Gasteiger partial charge on any atom is -0.369 e. The summed E-state index contributed by atoms with van der Waals surface area (Å²) in [6.45, 7) is 0. The summed E-state index contributed by atoms with van der Waals surface area (Å²) in [5.74, 6) is -0.337. The molecule has 4 N–H and O–H groups in total. The highest BCUT2D eigenvalue weighted by atomic mass is 16.1. The van der Waals surface area contributed by atoms with Crippen LogP contribution in [0.5, 0.6) is 0 Å². The number of H-pyrrole nitrogens is 2. The number of hydrogen-bond acceptors (Lipinski definition) is 5. The van der Waals surface area contributed by atoms with E-state index in [1.54, 1.807) is 18.5 Å². The molecule has 0 aliphatic carbocycles. The Morgan fingerprint density at radius 3 is 2.63 bits per heavy atom. The highest BCUT2D eigenvalue weighted by Gasteiger charge is 2.21. The van der Waals surface area contributed by atoms with E-state index in [0.717, 1.165) is 38.9 Å². The van der Waals surface area contributed by atoms with Gasteiger partial charge in [-0.05, 0) is 41.5 Å². The fraction of sp³-hybridized carbons (Fsp3) is 0.0455. The van der Waals surface area contributed by atoms with Gasteiger partial charge in [0.1, 0.15) is 6.33 Å². The van der Waals surface area contributed by atoms with Crippen LogP contribution in [0.3, 0.4) is 0 Å². The van der Waals surface area contributed by atoms with Gasteiger partial charge in [-0.1, -0.05) is 24.3 Å². The molecule has 1 amide bonds. The van der Waals surface area contributed by atoms with Crippen LogP contribution in [0.15, 0.2) is 73.3 Å². The van der Waals surface area contributed by atoms with Crippen molar-refractivity contribution in [3.05, 3.63) is 84.4 Å². The van der Waals surface area contributed by atoms with E-state index >= 15 is 0 Å². The molecule has 0 saturated heterocycles. The maximum Gasteiger partial charge on any atom is 0.229 e. The second kappa shape index (κ2) is 7.25. The number of pyridine rings is 1. The summed E-state index contributed by atoms with van der Waals surface area (Å²) in [4.78, 5) is 20.6. The van der Waals surface area contributed by atoms with E-state index in [2.05, 4.69) is 30.4 Å². The number of hydrogen-bond donors (Lipinski definition) is 3. The molecule has 0 saturated carbocycles. The topological polar surface area (TPSA) is 126 Å². The standard InChI is InChI=1S/C22H17N7O/c23-21(30)19(16-5-2-8-24-11-16)13-3-1-4-14(9-13)20-17-10-15(22-25-12-26-29-22)6-7-18(17)27-28-20/h1-12,19H,(H2,23,30)(H,27,28)(H,25,26,29). The number of benzene rings is 2. The number of amides is 1. The van der Waals surface area contributed by atoms with Crippen LogP contribution < -0.4 is 5.73 Å². The van der Waals surface area contributed by atoms with Gasteiger partial charge in [0.05, 0.1) is 17.1 Å². The van der Waals surface area contributed by atoms with Gasteiger partial charge in [-0.3, -0.25) is 20.0 Å². The fourth-order valence-electron chi connectivity index (χ4n) is 3.66. The second-order valence-corrected chi connectivity index (χ2v) is 6.91. The van der Waals surface area contributed by atoms with Crippen LogP contribution in [0.2, 0.25) is 0 Å². The molecule has 3 heterocycles. The highest BCUT2D eigenvalue weighted by molar-refractivity contribution is 5.95. The molecular formula is C22H17N7O. The predicted molar refractivity (Wildman–Crippen MR) is 112 cm³/mol. The molecule has 5 aromatic rings. The summed E-state index contributed by atoms with van der Waals surface area (Å²) in [5.41, 5.74) is 10.7. The molecule has 2 aromatic carbocycles. The molecule has 1 atom stereocenters. The van der Waals surface area contributed by atoms with Crippen LogP contribution in [-0.2, 0) is 4.79 Å². The van der Waals surface area contributed by atoms with E-state index in [1.807, 2.05) is 48.5 Å². The molecule has 146 valence electrons. The lowest BCUT2D eigenvalue weighted by molar-refractivity contribution is -0.118. The Kier molecular flexibility index (Phi) is 4.29. The molecule has 0 radical (unpaired) electrons. The average molecular weight is 395 g/mol. The Hall–Kier alpha value is -4.33. The third-order valence-electron chi connectivity index (χ3n) is 5.05. The molecule has 3 aromatic heterocycles. The zero-order valence-corrected chi connectivity index (χ0v) is 15.8. The lowest BCUT2D eigenvalue weighted by atomic mass is 9.90. The number of nitrogens with zero attached hydrogens (tertiary/aromatic N) is 4. The second-order valence-electron chi connectivity index (χ2n) is 6.91. The van der Waals surface area contributed by atoms with Gasteiger partial charge >= 0.3 is 0 Å². The van der Waals surface area contributed by atoms with E-state index in [9.17, 15) is 4.79 Å². The Morgan fingerprint density at radius 1 is 0.967 bits per heavy atom. The summed E-state index contributed by atoms with van der Waals surface area (Å²) >= 11 is 0. The molecule has 8 heteroatoms. The monoisotopic (exact) mass is 395 g/mol. The molecule has 8 nitrogen and oxygen atoms in total. The van der Waals surface area contributed by atoms with Crippen molar-refractivity contribution in [1.29, 1.82) is 0 Å². The summed E-state index contributed by atoms with van der Waals surface area (Å²) < 4.78 is 0. The number of nitrogens with one attached hydrogen (secondary N) is 2. The number of carbonyl (C=O) groups is 1. The van der Waals surface area contributed by atoms with Crippen LogP contribution in [-0.4, -0.2) is 36.3 Å². The van der Waals surface area contributed by atoms with Crippen LogP contribution >= 0.6 is 0 Å². The van der Waals surface area contributed by atoms with Crippen molar-refractivity contribution < 1.29 is 4.79 Å². The van der Waals surface area contributed by atoms with Crippen molar-refractivity contribution in [3.8, 4) is 22.6 Å². The summed E-state index contributed by atoms with van der Waals surface area (Å²) in [6, 6.07) is 17.2. The average Bonchev–Trinajstić information content (AvgIpc) is 3.44. The van der Waals surface area contributed by atoms with Gasteiger partial charge < -0.3 is 5.73 Å². The highest BCUT2D eigenvalue weighted by Crippen LogP contribution is 2.32. The molecule has 5 rings (SSSR count). The first kappa shape index (κ1) is 17.7. The van der Waals surface area contributed by atoms with Gasteiger partial charge in [-0.25, -0.2) is 4.98 Å². The van der Waals surface area contributed by atoms with Crippen molar-refractivity contribution in [3.63, 3.8) is 0 Å². The first-order valence-corrected chi connectivity index (χ1v) is 9.34.